The van der Waals surface area contributed by atoms with Crippen LogP contribution in [-0.2, 0) is 10.0 Å². The zero-order valence-corrected chi connectivity index (χ0v) is 22.1. The van der Waals surface area contributed by atoms with Gasteiger partial charge in [0.1, 0.15) is 5.75 Å². The van der Waals surface area contributed by atoms with Gasteiger partial charge in [0.15, 0.2) is 11.6 Å². The van der Waals surface area contributed by atoms with Crippen LogP contribution < -0.4 is 10.3 Å². The van der Waals surface area contributed by atoms with Crippen LogP contribution in [0.25, 0.3) is 17.0 Å². The van der Waals surface area contributed by atoms with Crippen molar-refractivity contribution in [3.05, 3.63) is 70.3 Å². The lowest BCUT2D eigenvalue weighted by molar-refractivity contribution is 0.155. The number of rotatable bonds is 9. The van der Waals surface area contributed by atoms with Crippen LogP contribution in [0.1, 0.15) is 56.0 Å². The average Bonchev–Trinajstić information content (AvgIpc) is 3.60. The molecule has 200 valence electrons. The molecule has 38 heavy (non-hydrogen) atoms. The van der Waals surface area contributed by atoms with Crippen LogP contribution in [0.4, 0.5) is 0 Å². The number of nitrogens with zero attached hydrogens (tertiary/aromatic N) is 5. The van der Waals surface area contributed by atoms with Gasteiger partial charge in [0.05, 0.1) is 23.2 Å². The molecule has 0 amide bonds. The molecule has 0 aliphatic heterocycles. The normalized spacial score (nSPS) is 15.4. The predicted molar refractivity (Wildman–Crippen MR) is 140 cm³/mol. The molecule has 2 N–H and O–H groups in total. The van der Waals surface area contributed by atoms with Gasteiger partial charge in [-0.1, -0.05) is 43.2 Å². The number of hydrogen-bond acceptors (Lipinski definition) is 8. The van der Waals surface area contributed by atoms with Gasteiger partial charge >= 0.3 is 0 Å². The molecule has 1 aliphatic rings. The summed E-state index contributed by atoms with van der Waals surface area (Å²) < 4.78 is 35.3. The average molecular weight is 539 g/mol. The van der Waals surface area contributed by atoms with E-state index in [1.165, 1.54) is 23.7 Å². The maximum Gasteiger partial charge on any atom is 0.296 e. The lowest BCUT2D eigenvalue weighted by Gasteiger charge is -2.21. The highest BCUT2D eigenvalue weighted by molar-refractivity contribution is 7.89. The number of aliphatic hydroxyl groups excluding tert-OH is 1. The molecule has 1 atom stereocenters. The van der Waals surface area contributed by atoms with Gasteiger partial charge in [-0.3, -0.25) is 4.79 Å². The minimum absolute atomic E-state index is 0.0266. The number of aromatic amines is 1. The lowest BCUT2D eigenvalue weighted by Crippen LogP contribution is -2.31. The van der Waals surface area contributed by atoms with E-state index in [1.54, 1.807) is 30.3 Å². The molecule has 2 aromatic carbocycles. The monoisotopic (exact) mass is 538 g/mol. The summed E-state index contributed by atoms with van der Waals surface area (Å²) in [6.45, 7) is 2.00. The highest BCUT2D eigenvalue weighted by Crippen LogP contribution is 2.34. The van der Waals surface area contributed by atoms with Crippen molar-refractivity contribution < 1.29 is 18.3 Å². The van der Waals surface area contributed by atoms with Crippen LogP contribution in [0.15, 0.2) is 58.2 Å². The molecule has 0 radical (unpaired) electrons. The van der Waals surface area contributed by atoms with Crippen molar-refractivity contribution in [3.63, 3.8) is 0 Å². The molecule has 2 aromatic heterocycles. The molecular formula is C26H30N6O5S. The Bertz CT molecular complexity index is 1600. The zero-order chi connectivity index (χ0) is 26.9. The highest BCUT2D eigenvalue weighted by atomic mass is 32.2. The van der Waals surface area contributed by atoms with Crippen LogP contribution in [0.5, 0.6) is 5.75 Å². The first-order chi connectivity index (χ1) is 18.3. The fourth-order valence-electron chi connectivity index (χ4n) is 4.82. The van der Waals surface area contributed by atoms with Gasteiger partial charge in [0.25, 0.3) is 5.56 Å². The fourth-order valence-corrected chi connectivity index (χ4v) is 6.02. The van der Waals surface area contributed by atoms with Crippen molar-refractivity contribution in [3.8, 4) is 17.1 Å². The maximum atomic E-state index is 13.5. The second-order valence-electron chi connectivity index (χ2n) is 9.38. The Balaban J connectivity index is 1.54. The highest BCUT2D eigenvalue weighted by Gasteiger charge is 2.27. The van der Waals surface area contributed by atoms with Crippen LogP contribution in [-0.4, -0.2) is 62.8 Å². The smallest absolute Gasteiger partial charge is 0.296 e. The number of H-pyrrole nitrogens is 1. The number of nitrogens with one attached hydrogen (secondary N) is 1. The first-order valence-electron chi connectivity index (χ1n) is 12.6. The van der Waals surface area contributed by atoms with Gasteiger partial charge < -0.3 is 14.8 Å². The maximum absolute atomic E-state index is 13.5. The molecule has 1 aliphatic carbocycles. The SMILES string of the molecule is CCOc1ccc(S(=O)(=O)N(C)CC(O)c2ccccc2)cc1-c1nn2c(C3CCCC3)nnc2c(=O)[nH]1. The molecule has 4 aromatic rings. The van der Waals surface area contributed by atoms with Crippen molar-refractivity contribution in [1.82, 2.24) is 29.1 Å². The van der Waals surface area contributed by atoms with E-state index in [1.807, 2.05) is 13.0 Å². The van der Waals surface area contributed by atoms with Crippen molar-refractivity contribution in [1.29, 1.82) is 0 Å². The molecule has 1 saturated carbocycles. The van der Waals surface area contributed by atoms with E-state index < -0.39 is 21.7 Å². The standard InChI is InChI=1S/C26H30N6O5S/c1-3-37-22-14-13-19(38(35,36)31(2)16-21(33)17-9-5-4-6-10-17)15-20(22)23-27-26(34)25-29-28-24(32(25)30-23)18-11-7-8-12-18/h4-6,9-10,13-15,18,21,33H,3,7-8,11-12,16H2,1-2H3,(H,27,30,34). The number of ether oxygens (including phenoxy) is 1. The van der Waals surface area contributed by atoms with E-state index in [-0.39, 0.29) is 28.8 Å². The topological polar surface area (TPSA) is 143 Å². The summed E-state index contributed by atoms with van der Waals surface area (Å²) in [5.41, 5.74) is 0.539. The Kier molecular flexibility index (Phi) is 7.28. The Labute approximate surface area is 220 Å². The van der Waals surface area contributed by atoms with E-state index in [0.29, 0.717) is 29.3 Å². The summed E-state index contributed by atoms with van der Waals surface area (Å²) in [5, 5.41) is 23.5. The summed E-state index contributed by atoms with van der Waals surface area (Å²) in [5.74, 6) is 1.31. The fraction of sp³-hybridized carbons (Fsp3) is 0.385. The third-order valence-electron chi connectivity index (χ3n) is 6.85. The molecule has 0 bridgehead atoms. The predicted octanol–water partition coefficient (Wildman–Crippen LogP) is 2.89. The second-order valence-corrected chi connectivity index (χ2v) is 11.4. The van der Waals surface area contributed by atoms with Crippen molar-refractivity contribution in [2.75, 3.05) is 20.2 Å². The number of benzene rings is 2. The first-order valence-corrected chi connectivity index (χ1v) is 14.1. The van der Waals surface area contributed by atoms with Crippen LogP contribution in [0.3, 0.4) is 0 Å². The summed E-state index contributed by atoms with van der Waals surface area (Å²) in [6.07, 6.45) is 3.06. The molecule has 11 nitrogen and oxygen atoms in total. The molecular weight excluding hydrogens is 508 g/mol. The van der Waals surface area contributed by atoms with Gasteiger partial charge in [0.2, 0.25) is 15.7 Å². The van der Waals surface area contributed by atoms with E-state index >= 15 is 0 Å². The number of hydrogen-bond donors (Lipinski definition) is 2. The van der Waals surface area contributed by atoms with Gasteiger partial charge in [-0.2, -0.15) is 8.82 Å². The molecule has 1 fully saturated rings. The van der Waals surface area contributed by atoms with Crippen LogP contribution >= 0.6 is 0 Å². The Morgan fingerprint density at radius 2 is 1.89 bits per heavy atom. The zero-order valence-electron chi connectivity index (χ0n) is 21.2. The Hall–Kier alpha value is -3.61. The van der Waals surface area contributed by atoms with Gasteiger partial charge in [-0.05, 0) is 43.5 Å². The second kappa shape index (κ2) is 10.6. The molecule has 0 spiro atoms. The van der Waals surface area contributed by atoms with E-state index in [2.05, 4.69) is 20.3 Å². The van der Waals surface area contributed by atoms with Gasteiger partial charge in [-0.15, -0.1) is 15.3 Å². The third-order valence-corrected chi connectivity index (χ3v) is 8.67. The van der Waals surface area contributed by atoms with Crippen molar-refractivity contribution >= 4 is 15.7 Å². The number of aromatic nitrogens is 5. The number of fused-ring (bicyclic) bond motifs is 1. The largest absolute Gasteiger partial charge is 0.493 e. The summed E-state index contributed by atoms with van der Waals surface area (Å²) in [7, 11) is -2.59. The van der Waals surface area contributed by atoms with Crippen molar-refractivity contribution in [2.24, 2.45) is 0 Å². The summed E-state index contributed by atoms with van der Waals surface area (Å²) in [4.78, 5) is 15.6. The Morgan fingerprint density at radius 1 is 1.16 bits per heavy atom. The molecule has 2 heterocycles. The number of likely N-dealkylation sites (N-methyl/N-ethyl adjacent to an activating group) is 1. The molecule has 1 unspecified atom stereocenters. The minimum atomic E-state index is -4.00. The lowest BCUT2D eigenvalue weighted by atomic mass is 10.1. The molecule has 12 heteroatoms. The van der Waals surface area contributed by atoms with E-state index in [4.69, 9.17) is 4.74 Å². The van der Waals surface area contributed by atoms with E-state index in [9.17, 15) is 18.3 Å². The van der Waals surface area contributed by atoms with Crippen LogP contribution in [0, 0.1) is 0 Å². The minimum Gasteiger partial charge on any atom is -0.493 e. The third kappa shape index (κ3) is 4.94. The first kappa shape index (κ1) is 26.0. The van der Waals surface area contributed by atoms with Crippen molar-refractivity contribution in [2.45, 2.75) is 49.5 Å². The van der Waals surface area contributed by atoms with Crippen LogP contribution in [0.2, 0.25) is 0 Å². The van der Waals surface area contributed by atoms with Gasteiger partial charge in [0, 0.05) is 19.5 Å². The Morgan fingerprint density at radius 3 is 2.61 bits per heavy atom. The number of sulfonamides is 1. The summed E-state index contributed by atoms with van der Waals surface area (Å²) in [6, 6.07) is 13.3. The quantitative estimate of drug-likeness (QED) is 0.331. The molecule has 0 saturated heterocycles. The number of aliphatic hydroxyl groups is 1. The summed E-state index contributed by atoms with van der Waals surface area (Å²) >= 11 is 0. The van der Waals surface area contributed by atoms with E-state index in [0.717, 1.165) is 30.0 Å². The molecule has 5 rings (SSSR count). The van der Waals surface area contributed by atoms with Gasteiger partial charge in [-0.25, -0.2) is 8.42 Å².